The normalized spacial score (nSPS) is 10.1. The lowest BCUT2D eigenvalue weighted by Gasteiger charge is -2.01. The van der Waals surface area contributed by atoms with Crippen LogP contribution in [0.2, 0.25) is 0 Å². The zero-order valence-corrected chi connectivity index (χ0v) is 8.02. The monoisotopic (exact) mass is 220 g/mol. The Labute approximate surface area is 89.8 Å². The van der Waals surface area contributed by atoms with E-state index in [1.165, 1.54) is 30.6 Å². The molecule has 0 aliphatic heterocycles. The number of nitrogens with zero attached hydrogens (tertiary/aromatic N) is 2. The zero-order chi connectivity index (χ0) is 11.5. The average molecular weight is 220 g/mol. The van der Waals surface area contributed by atoms with Gasteiger partial charge in [-0.05, 0) is 18.2 Å². The standard InChI is InChI=1S/C11H6F2N2O/c12-8-4-1-3-7(9(8)13)10(16)11-14-5-2-6-15-11/h1-6H. The third-order valence-corrected chi connectivity index (χ3v) is 1.97. The summed E-state index contributed by atoms with van der Waals surface area (Å²) >= 11 is 0. The van der Waals surface area contributed by atoms with Crippen molar-refractivity contribution in [2.75, 3.05) is 0 Å². The highest BCUT2D eigenvalue weighted by Gasteiger charge is 2.18. The first-order valence-corrected chi connectivity index (χ1v) is 4.46. The van der Waals surface area contributed by atoms with Crippen LogP contribution in [0.5, 0.6) is 0 Å². The fourth-order valence-electron chi connectivity index (χ4n) is 1.22. The molecule has 1 heterocycles. The molecule has 0 saturated heterocycles. The molecular weight excluding hydrogens is 214 g/mol. The second kappa shape index (κ2) is 4.14. The van der Waals surface area contributed by atoms with Crippen molar-refractivity contribution in [3.8, 4) is 0 Å². The molecule has 1 aromatic carbocycles. The van der Waals surface area contributed by atoms with Gasteiger partial charge >= 0.3 is 0 Å². The van der Waals surface area contributed by atoms with Crippen LogP contribution in [0, 0.1) is 11.6 Å². The van der Waals surface area contributed by atoms with Gasteiger partial charge in [-0.25, -0.2) is 18.7 Å². The minimum atomic E-state index is -1.18. The van der Waals surface area contributed by atoms with E-state index in [9.17, 15) is 13.6 Å². The van der Waals surface area contributed by atoms with Crippen molar-refractivity contribution in [2.45, 2.75) is 0 Å². The molecular formula is C11H6F2N2O. The Morgan fingerprint density at radius 3 is 2.44 bits per heavy atom. The van der Waals surface area contributed by atoms with Crippen LogP contribution in [-0.4, -0.2) is 15.8 Å². The first-order valence-electron chi connectivity index (χ1n) is 4.46. The van der Waals surface area contributed by atoms with E-state index in [-0.39, 0.29) is 11.4 Å². The number of carbonyl (C=O) groups is 1. The molecule has 0 unspecified atom stereocenters. The maximum Gasteiger partial charge on any atom is 0.233 e. The summed E-state index contributed by atoms with van der Waals surface area (Å²) in [6, 6.07) is 4.92. The molecule has 80 valence electrons. The van der Waals surface area contributed by atoms with Crippen LogP contribution in [-0.2, 0) is 0 Å². The van der Waals surface area contributed by atoms with Crippen molar-refractivity contribution in [3.05, 3.63) is 59.7 Å². The Morgan fingerprint density at radius 1 is 1.06 bits per heavy atom. The Morgan fingerprint density at radius 2 is 1.75 bits per heavy atom. The van der Waals surface area contributed by atoms with Crippen LogP contribution in [0.15, 0.2) is 36.7 Å². The first-order chi connectivity index (χ1) is 7.70. The number of rotatable bonds is 2. The maximum atomic E-state index is 13.3. The molecule has 1 aromatic heterocycles. The Balaban J connectivity index is 2.46. The topological polar surface area (TPSA) is 42.9 Å². The lowest BCUT2D eigenvalue weighted by Crippen LogP contribution is -2.09. The lowest BCUT2D eigenvalue weighted by molar-refractivity contribution is 0.102. The van der Waals surface area contributed by atoms with Crippen molar-refractivity contribution < 1.29 is 13.6 Å². The van der Waals surface area contributed by atoms with E-state index in [4.69, 9.17) is 0 Å². The van der Waals surface area contributed by atoms with Gasteiger partial charge in [0, 0.05) is 12.4 Å². The van der Waals surface area contributed by atoms with Crippen molar-refractivity contribution in [3.63, 3.8) is 0 Å². The van der Waals surface area contributed by atoms with Crippen molar-refractivity contribution in [1.82, 2.24) is 9.97 Å². The number of ketones is 1. The van der Waals surface area contributed by atoms with Gasteiger partial charge in [0.1, 0.15) is 0 Å². The van der Waals surface area contributed by atoms with E-state index in [0.717, 1.165) is 6.07 Å². The molecule has 3 nitrogen and oxygen atoms in total. The molecule has 0 radical (unpaired) electrons. The minimum Gasteiger partial charge on any atom is -0.285 e. The van der Waals surface area contributed by atoms with Gasteiger partial charge in [-0.3, -0.25) is 4.79 Å². The predicted molar refractivity (Wildman–Crippen MR) is 51.8 cm³/mol. The van der Waals surface area contributed by atoms with Gasteiger partial charge in [0.25, 0.3) is 0 Å². The largest absolute Gasteiger partial charge is 0.285 e. The van der Waals surface area contributed by atoms with E-state index >= 15 is 0 Å². The van der Waals surface area contributed by atoms with Gasteiger partial charge < -0.3 is 0 Å². The second-order valence-electron chi connectivity index (χ2n) is 3.00. The van der Waals surface area contributed by atoms with Gasteiger partial charge in [0.2, 0.25) is 11.6 Å². The van der Waals surface area contributed by atoms with Crippen LogP contribution in [0.25, 0.3) is 0 Å². The molecule has 0 atom stereocenters. The summed E-state index contributed by atoms with van der Waals surface area (Å²) in [4.78, 5) is 19.0. The molecule has 0 saturated carbocycles. The van der Waals surface area contributed by atoms with Crippen LogP contribution in [0.1, 0.15) is 16.2 Å². The third kappa shape index (κ3) is 1.79. The molecule has 0 spiro atoms. The van der Waals surface area contributed by atoms with Gasteiger partial charge in [-0.2, -0.15) is 0 Å². The quantitative estimate of drug-likeness (QED) is 0.727. The van der Waals surface area contributed by atoms with Crippen LogP contribution < -0.4 is 0 Å². The Hall–Kier alpha value is -2.17. The number of hydrogen-bond acceptors (Lipinski definition) is 3. The van der Waals surface area contributed by atoms with E-state index in [0.29, 0.717) is 0 Å². The van der Waals surface area contributed by atoms with Crippen LogP contribution in [0.3, 0.4) is 0 Å². The van der Waals surface area contributed by atoms with Gasteiger partial charge in [-0.1, -0.05) is 6.07 Å². The summed E-state index contributed by atoms with van der Waals surface area (Å²) in [6.45, 7) is 0. The molecule has 0 amide bonds. The minimum absolute atomic E-state index is 0.160. The molecule has 0 aliphatic carbocycles. The van der Waals surface area contributed by atoms with Gasteiger partial charge in [0.05, 0.1) is 5.56 Å². The highest BCUT2D eigenvalue weighted by atomic mass is 19.2. The van der Waals surface area contributed by atoms with Crippen molar-refractivity contribution in [1.29, 1.82) is 0 Å². The zero-order valence-electron chi connectivity index (χ0n) is 8.02. The number of hydrogen-bond donors (Lipinski definition) is 0. The molecule has 0 N–H and O–H groups in total. The molecule has 16 heavy (non-hydrogen) atoms. The van der Waals surface area contributed by atoms with Crippen molar-refractivity contribution in [2.24, 2.45) is 0 Å². The van der Waals surface area contributed by atoms with Gasteiger partial charge in [0.15, 0.2) is 11.6 Å². The summed E-state index contributed by atoms with van der Waals surface area (Å²) in [7, 11) is 0. The SMILES string of the molecule is O=C(c1ncccn1)c1cccc(F)c1F. The van der Waals surface area contributed by atoms with Crippen molar-refractivity contribution >= 4 is 5.78 Å². The molecule has 5 heteroatoms. The van der Waals surface area contributed by atoms with E-state index in [1.54, 1.807) is 0 Å². The summed E-state index contributed by atoms with van der Waals surface area (Å²) in [6.07, 6.45) is 2.72. The second-order valence-corrected chi connectivity index (χ2v) is 3.00. The van der Waals surface area contributed by atoms with Crippen LogP contribution >= 0.6 is 0 Å². The first kappa shape index (κ1) is 10.4. The molecule has 2 rings (SSSR count). The fraction of sp³-hybridized carbons (Fsp3) is 0. The van der Waals surface area contributed by atoms with E-state index in [1.807, 2.05) is 0 Å². The third-order valence-electron chi connectivity index (χ3n) is 1.97. The number of benzene rings is 1. The number of aromatic nitrogens is 2. The Bertz CT molecular complexity index is 529. The average Bonchev–Trinajstić information content (AvgIpc) is 2.33. The molecule has 2 aromatic rings. The number of halogens is 2. The summed E-state index contributed by atoms with van der Waals surface area (Å²) in [5, 5.41) is 0. The van der Waals surface area contributed by atoms with E-state index in [2.05, 4.69) is 9.97 Å². The molecule has 0 bridgehead atoms. The van der Waals surface area contributed by atoms with Crippen LogP contribution in [0.4, 0.5) is 8.78 Å². The fourth-order valence-corrected chi connectivity index (χ4v) is 1.22. The van der Waals surface area contributed by atoms with E-state index < -0.39 is 17.4 Å². The summed E-state index contributed by atoms with van der Waals surface area (Å²) in [5.74, 6) is -3.15. The predicted octanol–water partition coefficient (Wildman–Crippen LogP) is 1.99. The highest BCUT2D eigenvalue weighted by Crippen LogP contribution is 2.13. The smallest absolute Gasteiger partial charge is 0.233 e. The molecule has 0 aliphatic rings. The summed E-state index contributed by atoms with van der Waals surface area (Å²) < 4.78 is 26.2. The lowest BCUT2D eigenvalue weighted by atomic mass is 10.1. The highest BCUT2D eigenvalue weighted by molar-refractivity contribution is 6.06. The molecule has 0 fully saturated rings. The maximum absolute atomic E-state index is 13.3. The number of carbonyl (C=O) groups excluding carboxylic acids is 1. The Kier molecular flexibility index (Phi) is 2.68. The summed E-state index contributed by atoms with van der Waals surface area (Å²) in [5.41, 5.74) is -0.369. The van der Waals surface area contributed by atoms with Gasteiger partial charge in [-0.15, -0.1) is 0 Å².